The number of hydrogen-bond acceptors (Lipinski definition) is 4. The normalized spacial score (nSPS) is 27.3. The molecule has 0 saturated carbocycles. The molecule has 1 saturated heterocycles. The van der Waals surface area contributed by atoms with Gasteiger partial charge in [-0.05, 0) is 57.4 Å². The minimum Gasteiger partial charge on any atom is -0.510 e. The minimum absolute atomic E-state index is 0.0950. The van der Waals surface area contributed by atoms with Gasteiger partial charge in [-0.1, -0.05) is 12.1 Å². The van der Waals surface area contributed by atoms with Gasteiger partial charge in [0.15, 0.2) is 5.78 Å². The highest BCUT2D eigenvalue weighted by atomic mass is 16.4. The molecule has 3 N–H and O–H groups in total. The Labute approximate surface area is 157 Å². The average Bonchev–Trinajstić information content (AvgIpc) is 3.08. The Kier molecular flexibility index (Phi) is 3.75. The predicted octanol–water partition coefficient (Wildman–Crippen LogP) is 3.00. The van der Waals surface area contributed by atoms with E-state index in [-0.39, 0.29) is 23.1 Å². The number of likely N-dealkylation sites (tertiary alicyclic amines) is 1. The van der Waals surface area contributed by atoms with Crippen molar-refractivity contribution < 1.29 is 19.8 Å². The first kappa shape index (κ1) is 17.8. The van der Waals surface area contributed by atoms with Crippen LogP contribution in [0.4, 0.5) is 0 Å². The SMILES string of the molecule is CC(=O)C(C(=O)O)=C(O)[C@H]1[C@H]2c3c[nH]c4cccc(c34)C[C@@H]2C(C)(C)N1C. The number of rotatable bonds is 3. The number of aromatic nitrogens is 1. The number of fused-ring (bicyclic) bond motifs is 2. The first-order chi connectivity index (χ1) is 12.7. The van der Waals surface area contributed by atoms with E-state index >= 15 is 0 Å². The van der Waals surface area contributed by atoms with E-state index in [9.17, 15) is 19.8 Å². The standard InChI is InChI=1S/C21H24N2O4/c1-10(24)15(20(26)27)19(25)18-17-12-9-22-14-7-5-6-11(16(12)14)8-13(17)21(2,3)23(18)4/h5-7,9,13,17-18,22,25H,8H2,1-4H3,(H,26,27)/t13-,17-,18+/m0/s1. The van der Waals surface area contributed by atoms with Gasteiger partial charge in [0.2, 0.25) is 0 Å². The van der Waals surface area contributed by atoms with Crippen molar-refractivity contribution in [2.45, 2.75) is 44.7 Å². The van der Waals surface area contributed by atoms with Crippen molar-refractivity contribution in [3.63, 3.8) is 0 Å². The minimum atomic E-state index is -1.38. The Morgan fingerprint density at radius 3 is 2.59 bits per heavy atom. The molecule has 0 spiro atoms. The first-order valence-corrected chi connectivity index (χ1v) is 9.15. The highest BCUT2D eigenvalue weighted by Crippen LogP contribution is 2.55. The van der Waals surface area contributed by atoms with E-state index < -0.39 is 23.4 Å². The molecule has 0 bridgehead atoms. The number of ketones is 1. The molecule has 6 nitrogen and oxygen atoms in total. The summed E-state index contributed by atoms with van der Waals surface area (Å²) in [6, 6.07) is 5.63. The van der Waals surface area contributed by atoms with Crippen molar-refractivity contribution in [2.75, 3.05) is 7.05 Å². The molecule has 2 aliphatic rings. The number of nitrogens with zero attached hydrogens (tertiary/aromatic N) is 1. The number of aliphatic hydroxyl groups excluding tert-OH is 1. The summed E-state index contributed by atoms with van der Waals surface area (Å²) in [5.41, 5.74) is 2.59. The van der Waals surface area contributed by atoms with Crippen LogP contribution in [0.15, 0.2) is 35.7 Å². The van der Waals surface area contributed by atoms with E-state index in [1.807, 2.05) is 30.3 Å². The maximum atomic E-state index is 11.9. The first-order valence-electron chi connectivity index (χ1n) is 9.15. The molecule has 0 radical (unpaired) electrons. The summed E-state index contributed by atoms with van der Waals surface area (Å²) in [5, 5.41) is 21.6. The average molecular weight is 368 g/mol. The van der Waals surface area contributed by atoms with Gasteiger partial charge in [-0.15, -0.1) is 0 Å². The fourth-order valence-electron chi connectivity index (χ4n) is 5.18. The summed E-state index contributed by atoms with van der Waals surface area (Å²) in [4.78, 5) is 28.9. The molecule has 6 heteroatoms. The van der Waals surface area contributed by atoms with E-state index in [1.54, 1.807) is 0 Å². The van der Waals surface area contributed by atoms with Crippen molar-refractivity contribution in [3.8, 4) is 0 Å². The third-order valence-electron chi connectivity index (χ3n) is 6.73. The van der Waals surface area contributed by atoms with Crippen LogP contribution in [-0.4, -0.2) is 50.5 Å². The number of carboxylic acid groups (broad SMARTS) is 1. The molecule has 142 valence electrons. The lowest BCUT2D eigenvalue weighted by molar-refractivity contribution is -0.134. The van der Waals surface area contributed by atoms with Crippen molar-refractivity contribution >= 4 is 22.7 Å². The van der Waals surface area contributed by atoms with Crippen molar-refractivity contribution in [1.29, 1.82) is 0 Å². The zero-order chi connectivity index (χ0) is 19.7. The molecular weight excluding hydrogens is 344 g/mol. The lowest BCUT2D eigenvalue weighted by atomic mass is 9.69. The number of hydrogen-bond donors (Lipinski definition) is 3. The van der Waals surface area contributed by atoms with Gasteiger partial charge in [-0.25, -0.2) is 4.79 Å². The number of aliphatic hydroxyl groups is 1. The van der Waals surface area contributed by atoms with Crippen LogP contribution >= 0.6 is 0 Å². The van der Waals surface area contributed by atoms with Crippen LogP contribution in [0.2, 0.25) is 0 Å². The molecule has 1 aliphatic heterocycles. The van der Waals surface area contributed by atoms with Crippen molar-refractivity contribution in [2.24, 2.45) is 5.92 Å². The monoisotopic (exact) mass is 368 g/mol. The van der Waals surface area contributed by atoms with E-state index in [1.165, 1.54) is 12.5 Å². The highest BCUT2D eigenvalue weighted by molar-refractivity contribution is 6.16. The predicted molar refractivity (Wildman–Crippen MR) is 102 cm³/mol. The summed E-state index contributed by atoms with van der Waals surface area (Å²) in [7, 11) is 1.90. The van der Waals surface area contributed by atoms with Gasteiger partial charge in [0.25, 0.3) is 0 Å². The smallest absolute Gasteiger partial charge is 0.342 e. The molecule has 2 heterocycles. The number of carbonyl (C=O) groups excluding carboxylic acids is 1. The van der Waals surface area contributed by atoms with Crippen LogP contribution in [-0.2, 0) is 16.0 Å². The van der Waals surface area contributed by atoms with Crippen LogP contribution in [0.3, 0.4) is 0 Å². The van der Waals surface area contributed by atoms with E-state index in [4.69, 9.17) is 0 Å². The molecule has 0 amide bonds. The number of benzene rings is 1. The maximum Gasteiger partial charge on any atom is 0.342 e. The molecule has 1 aliphatic carbocycles. The summed E-state index contributed by atoms with van der Waals surface area (Å²) >= 11 is 0. The van der Waals surface area contributed by atoms with E-state index in [0.29, 0.717) is 0 Å². The van der Waals surface area contributed by atoms with Gasteiger partial charge in [0.05, 0.1) is 6.04 Å². The molecule has 1 aromatic heterocycles. The Morgan fingerprint density at radius 2 is 1.96 bits per heavy atom. The molecule has 3 atom stereocenters. The fraction of sp³-hybridized carbons (Fsp3) is 0.429. The second-order valence-corrected chi connectivity index (χ2v) is 8.25. The Morgan fingerprint density at radius 1 is 1.26 bits per heavy atom. The Bertz CT molecular complexity index is 985. The quantitative estimate of drug-likeness (QED) is 0.335. The van der Waals surface area contributed by atoms with Gasteiger partial charge >= 0.3 is 5.97 Å². The zero-order valence-corrected chi connectivity index (χ0v) is 15.9. The van der Waals surface area contributed by atoms with Gasteiger partial charge < -0.3 is 15.2 Å². The van der Waals surface area contributed by atoms with Crippen LogP contribution in [0.5, 0.6) is 0 Å². The number of carbonyl (C=O) groups is 2. The summed E-state index contributed by atoms with van der Waals surface area (Å²) in [6.07, 6.45) is 2.81. The third-order valence-corrected chi connectivity index (χ3v) is 6.73. The Hall–Kier alpha value is -2.60. The summed E-state index contributed by atoms with van der Waals surface area (Å²) < 4.78 is 0. The zero-order valence-electron chi connectivity index (χ0n) is 15.9. The van der Waals surface area contributed by atoms with E-state index in [0.717, 1.165) is 22.9 Å². The van der Waals surface area contributed by atoms with E-state index in [2.05, 4.69) is 24.9 Å². The second kappa shape index (κ2) is 5.70. The number of carboxylic acids is 1. The summed E-state index contributed by atoms with van der Waals surface area (Å²) in [5.74, 6) is -2.27. The van der Waals surface area contributed by atoms with Crippen LogP contribution in [0.1, 0.15) is 37.8 Å². The largest absolute Gasteiger partial charge is 0.510 e. The fourth-order valence-corrected chi connectivity index (χ4v) is 5.18. The molecule has 4 rings (SSSR count). The maximum absolute atomic E-state index is 11.9. The lowest BCUT2D eigenvalue weighted by Gasteiger charge is -2.36. The molecule has 2 aromatic rings. The summed E-state index contributed by atoms with van der Waals surface area (Å²) in [6.45, 7) is 5.41. The number of aromatic amines is 1. The van der Waals surface area contributed by atoms with Gasteiger partial charge in [0, 0.05) is 28.6 Å². The number of H-pyrrole nitrogens is 1. The van der Waals surface area contributed by atoms with Crippen LogP contribution < -0.4 is 0 Å². The molecule has 0 unspecified atom stereocenters. The van der Waals surface area contributed by atoms with Crippen LogP contribution in [0, 0.1) is 5.92 Å². The van der Waals surface area contributed by atoms with Gasteiger partial charge in [-0.2, -0.15) is 0 Å². The molecule has 1 aromatic carbocycles. The molecule has 1 fully saturated rings. The highest BCUT2D eigenvalue weighted by Gasteiger charge is 2.56. The van der Waals surface area contributed by atoms with Crippen molar-refractivity contribution in [1.82, 2.24) is 9.88 Å². The number of likely N-dealkylation sites (N-methyl/N-ethyl adjacent to an activating group) is 1. The van der Waals surface area contributed by atoms with Gasteiger partial charge in [0.1, 0.15) is 11.3 Å². The third kappa shape index (κ3) is 2.29. The van der Waals surface area contributed by atoms with Crippen LogP contribution in [0.25, 0.3) is 10.9 Å². The van der Waals surface area contributed by atoms with Gasteiger partial charge in [-0.3, -0.25) is 9.69 Å². The number of Topliss-reactive ketones (excluding diaryl/α,β-unsaturated/α-hetero) is 1. The number of aliphatic carboxylic acids is 1. The molecule has 27 heavy (non-hydrogen) atoms. The Balaban J connectivity index is 1.97. The van der Waals surface area contributed by atoms with Crippen molar-refractivity contribution in [3.05, 3.63) is 46.9 Å². The lowest BCUT2D eigenvalue weighted by Crippen LogP contribution is -2.44. The second-order valence-electron chi connectivity index (χ2n) is 8.25. The molecular formula is C21H24N2O4. The topological polar surface area (TPSA) is 93.6 Å². The number of nitrogens with one attached hydrogen (secondary N) is 1.